The van der Waals surface area contributed by atoms with Gasteiger partial charge in [-0.05, 0) is 37.8 Å². The highest BCUT2D eigenvalue weighted by Gasteiger charge is 2.62. The first kappa shape index (κ1) is 10.3. The van der Waals surface area contributed by atoms with Crippen molar-refractivity contribution in [2.24, 2.45) is 0 Å². The van der Waals surface area contributed by atoms with Crippen LogP contribution < -0.4 is 0 Å². The summed E-state index contributed by atoms with van der Waals surface area (Å²) < 4.78 is 11.6. The fraction of sp³-hybridized carbons (Fsp3) is 0.571. The Morgan fingerprint density at radius 1 is 1.38 bits per heavy atom. The Labute approximate surface area is 96.6 Å². The minimum atomic E-state index is 0.0304. The molecule has 2 fully saturated rings. The second-order valence-corrected chi connectivity index (χ2v) is 5.09. The second kappa shape index (κ2) is 3.57. The maximum atomic E-state index is 6.00. The van der Waals surface area contributed by atoms with E-state index in [1.165, 1.54) is 11.1 Å². The first-order chi connectivity index (χ1) is 7.70. The monoisotopic (exact) mass is 218 g/mol. The van der Waals surface area contributed by atoms with Crippen molar-refractivity contribution < 1.29 is 9.47 Å². The summed E-state index contributed by atoms with van der Waals surface area (Å²) in [7, 11) is 0. The molecule has 3 unspecified atom stereocenters. The molecule has 2 nitrogen and oxygen atoms in total. The highest BCUT2D eigenvalue weighted by molar-refractivity contribution is 5.24. The van der Waals surface area contributed by atoms with Crippen molar-refractivity contribution in [3.05, 3.63) is 35.4 Å². The number of benzene rings is 1. The highest BCUT2D eigenvalue weighted by Crippen LogP contribution is 2.51. The zero-order valence-corrected chi connectivity index (χ0v) is 9.90. The molecule has 1 saturated carbocycles. The fourth-order valence-electron chi connectivity index (χ4n) is 2.70. The SMILES string of the molecule is Cc1ccccc1COC1CCC2OC12C. The fourth-order valence-corrected chi connectivity index (χ4v) is 2.70. The molecule has 1 aromatic rings. The lowest BCUT2D eigenvalue weighted by Crippen LogP contribution is -2.26. The van der Waals surface area contributed by atoms with Gasteiger partial charge in [0.1, 0.15) is 5.60 Å². The van der Waals surface area contributed by atoms with Crippen molar-refractivity contribution in [3.8, 4) is 0 Å². The van der Waals surface area contributed by atoms with Crippen molar-refractivity contribution in [1.29, 1.82) is 0 Å². The molecule has 3 rings (SSSR count). The molecule has 2 aliphatic rings. The Balaban J connectivity index is 1.63. The predicted molar refractivity (Wildman–Crippen MR) is 62.3 cm³/mol. The zero-order chi connectivity index (χ0) is 11.2. The third-order valence-electron chi connectivity index (χ3n) is 4.01. The smallest absolute Gasteiger partial charge is 0.118 e. The Bertz CT molecular complexity index is 399. The molecule has 0 aromatic heterocycles. The first-order valence-corrected chi connectivity index (χ1v) is 6.04. The van der Waals surface area contributed by atoms with Gasteiger partial charge in [-0.2, -0.15) is 0 Å². The van der Waals surface area contributed by atoms with E-state index in [1.807, 2.05) is 0 Å². The van der Waals surface area contributed by atoms with Crippen molar-refractivity contribution in [3.63, 3.8) is 0 Å². The maximum absolute atomic E-state index is 6.00. The summed E-state index contributed by atoms with van der Waals surface area (Å²) in [6.45, 7) is 5.02. The van der Waals surface area contributed by atoms with Crippen molar-refractivity contribution in [2.75, 3.05) is 0 Å². The van der Waals surface area contributed by atoms with Crippen LogP contribution in [0.25, 0.3) is 0 Å². The molecule has 16 heavy (non-hydrogen) atoms. The van der Waals surface area contributed by atoms with E-state index in [9.17, 15) is 0 Å². The van der Waals surface area contributed by atoms with E-state index in [0.29, 0.717) is 12.7 Å². The topological polar surface area (TPSA) is 21.8 Å². The molecule has 0 N–H and O–H groups in total. The molecule has 1 aliphatic carbocycles. The molecule has 0 spiro atoms. The first-order valence-electron chi connectivity index (χ1n) is 6.04. The largest absolute Gasteiger partial charge is 0.370 e. The number of rotatable bonds is 3. The van der Waals surface area contributed by atoms with Crippen molar-refractivity contribution in [2.45, 2.75) is 51.1 Å². The number of hydrogen-bond acceptors (Lipinski definition) is 2. The van der Waals surface area contributed by atoms with E-state index in [0.717, 1.165) is 12.8 Å². The van der Waals surface area contributed by atoms with Crippen LogP contribution in [0.3, 0.4) is 0 Å². The number of aryl methyl sites for hydroxylation is 1. The molecular weight excluding hydrogens is 200 g/mol. The zero-order valence-electron chi connectivity index (χ0n) is 9.90. The lowest BCUT2D eigenvalue weighted by molar-refractivity contribution is -0.0126. The van der Waals surface area contributed by atoms with Gasteiger partial charge in [0, 0.05) is 0 Å². The number of epoxide rings is 1. The van der Waals surface area contributed by atoms with Gasteiger partial charge in [0.25, 0.3) is 0 Å². The van der Waals surface area contributed by atoms with Gasteiger partial charge in [-0.1, -0.05) is 24.3 Å². The lowest BCUT2D eigenvalue weighted by Gasteiger charge is -2.18. The van der Waals surface area contributed by atoms with Gasteiger partial charge in [-0.25, -0.2) is 0 Å². The third-order valence-corrected chi connectivity index (χ3v) is 4.01. The van der Waals surface area contributed by atoms with Gasteiger partial charge in [0.05, 0.1) is 18.8 Å². The van der Waals surface area contributed by atoms with Crippen LogP contribution in [0, 0.1) is 6.92 Å². The van der Waals surface area contributed by atoms with E-state index >= 15 is 0 Å². The molecular formula is C14H18O2. The summed E-state index contributed by atoms with van der Waals surface area (Å²) in [5.41, 5.74) is 2.62. The summed E-state index contributed by atoms with van der Waals surface area (Å²) in [4.78, 5) is 0. The van der Waals surface area contributed by atoms with Gasteiger partial charge in [0.15, 0.2) is 0 Å². The summed E-state index contributed by atoms with van der Waals surface area (Å²) >= 11 is 0. The van der Waals surface area contributed by atoms with E-state index < -0.39 is 0 Å². The molecule has 1 saturated heterocycles. The average Bonchev–Trinajstić information content (AvgIpc) is 2.84. The molecule has 1 aliphatic heterocycles. The van der Waals surface area contributed by atoms with Gasteiger partial charge >= 0.3 is 0 Å². The highest BCUT2D eigenvalue weighted by atomic mass is 16.6. The molecule has 3 atom stereocenters. The Morgan fingerprint density at radius 3 is 2.81 bits per heavy atom. The quantitative estimate of drug-likeness (QED) is 0.728. The van der Waals surface area contributed by atoms with E-state index in [4.69, 9.17) is 9.47 Å². The molecule has 1 heterocycles. The molecule has 0 radical (unpaired) electrons. The second-order valence-electron chi connectivity index (χ2n) is 5.09. The molecule has 86 valence electrons. The van der Waals surface area contributed by atoms with Gasteiger partial charge in [-0.3, -0.25) is 0 Å². The minimum Gasteiger partial charge on any atom is -0.370 e. The Morgan fingerprint density at radius 2 is 2.19 bits per heavy atom. The lowest BCUT2D eigenvalue weighted by atomic mass is 10.1. The van der Waals surface area contributed by atoms with Gasteiger partial charge in [0.2, 0.25) is 0 Å². The van der Waals surface area contributed by atoms with Gasteiger partial charge in [-0.15, -0.1) is 0 Å². The summed E-state index contributed by atoms with van der Waals surface area (Å²) in [6.07, 6.45) is 3.06. The van der Waals surface area contributed by atoms with E-state index in [-0.39, 0.29) is 11.7 Å². The van der Waals surface area contributed by atoms with Crippen molar-refractivity contribution in [1.82, 2.24) is 0 Å². The van der Waals surface area contributed by atoms with Crippen LogP contribution in [0.1, 0.15) is 30.9 Å². The van der Waals surface area contributed by atoms with Crippen LogP contribution in [-0.2, 0) is 16.1 Å². The van der Waals surface area contributed by atoms with Crippen molar-refractivity contribution >= 4 is 0 Å². The maximum Gasteiger partial charge on any atom is 0.118 e. The molecule has 2 heteroatoms. The Kier molecular flexibility index (Phi) is 2.30. The molecule has 0 amide bonds. The third kappa shape index (κ3) is 1.57. The van der Waals surface area contributed by atoms with Crippen LogP contribution >= 0.6 is 0 Å². The van der Waals surface area contributed by atoms with Gasteiger partial charge < -0.3 is 9.47 Å². The summed E-state index contributed by atoms with van der Waals surface area (Å²) in [5.74, 6) is 0. The predicted octanol–water partition coefficient (Wildman–Crippen LogP) is 2.83. The van der Waals surface area contributed by atoms with Crippen LogP contribution in [-0.4, -0.2) is 17.8 Å². The average molecular weight is 218 g/mol. The van der Waals surface area contributed by atoms with E-state index in [1.54, 1.807) is 0 Å². The summed E-state index contributed by atoms with van der Waals surface area (Å²) in [6, 6.07) is 8.40. The number of fused-ring (bicyclic) bond motifs is 1. The minimum absolute atomic E-state index is 0.0304. The van der Waals surface area contributed by atoms with Crippen LogP contribution in [0.4, 0.5) is 0 Å². The Hall–Kier alpha value is -0.860. The number of ether oxygens (including phenoxy) is 2. The van der Waals surface area contributed by atoms with Crippen LogP contribution in [0.15, 0.2) is 24.3 Å². The van der Waals surface area contributed by atoms with Crippen LogP contribution in [0.5, 0.6) is 0 Å². The molecule has 1 aromatic carbocycles. The summed E-state index contributed by atoms with van der Waals surface area (Å²) in [5, 5.41) is 0. The van der Waals surface area contributed by atoms with Crippen LogP contribution in [0.2, 0.25) is 0 Å². The normalized spacial score (nSPS) is 36.1. The van der Waals surface area contributed by atoms with E-state index in [2.05, 4.69) is 38.1 Å². The number of hydrogen-bond donors (Lipinski definition) is 0. The standard InChI is InChI=1S/C14H18O2/c1-10-5-3-4-6-11(10)9-15-12-7-8-13-14(12,2)16-13/h3-6,12-13H,7-9H2,1-2H3. The molecule has 0 bridgehead atoms.